The highest BCUT2D eigenvalue weighted by Gasteiger charge is 2.41. The van der Waals surface area contributed by atoms with Gasteiger partial charge in [0.2, 0.25) is 5.91 Å². The van der Waals surface area contributed by atoms with Crippen LogP contribution in [-0.2, 0) is 4.79 Å². The number of aliphatic hydroxyl groups is 1. The van der Waals surface area contributed by atoms with Crippen molar-refractivity contribution in [2.24, 2.45) is 23.5 Å². The van der Waals surface area contributed by atoms with Crippen molar-refractivity contribution >= 4 is 29.1 Å². The number of aliphatic hydroxyl groups excluding tert-OH is 1. The fourth-order valence-electron chi connectivity index (χ4n) is 4.11. The standard InChI is InChI=1S/C16H27Cl2N3O2/c17-12-5-11(14(22)6-13(12)18)15(19)9-1-3-21(4-2-9)16(23)10-7-20-8-10/h9-15,20,22H,1-8,19H2/t11?,12?,13?,14?,15-/m1/s1. The Labute approximate surface area is 147 Å². The summed E-state index contributed by atoms with van der Waals surface area (Å²) in [5, 5.41) is 13.2. The zero-order valence-corrected chi connectivity index (χ0v) is 14.8. The topological polar surface area (TPSA) is 78.6 Å². The van der Waals surface area contributed by atoms with Gasteiger partial charge in [0.1, 0.15) is 0 Å². The summed E-state index contributed by atoms with van der Waals surface area (Å²) >= 11 is 12.4. The summed E-state index contributed by atoms with van der Waals surface area (Å²) in [5.74, 6) is 0.793. The van der Waals surface area contributed by atoms with Crippen LogP contribution in [0.3, 0.4) is 0 Å². The first-order chi connectivity index (χ1) is 11.0. The highest BCUT2D eigenvalue weighted by molar-refractivity contribution is 6.30. The number of piperidine rings is 1. The summed E-state index contributed by atoms with van der Waals surface area (Å²) in [5.41, 5.74) is 6.46. The molecule has 2 saturated heterocycles. The van der Waals surface area contributed by atoms with E-state index in [1.807, 2.05) is 4.90 Å². The average Bonchev–Trinajstić information content (AvgIpc) is 2.48. The second-order valence-electron chi connectivity index (χ2n) is 7.33. The van der Waals surface area contributed by atoms with Crippen LogP contribution in [0, 0.1) is 17.8 Å². The van der Waals surface area contributed by atoms with Gasteiger partial charge >= 0.3 is 0 Å². The highest BCUT2D eigenvalue weighted by atomic mass is 35.5. The molecular formula is C16H27Cl2N3O2. The van der Waals surface area contributed by atoms with Gasteiger partial charge in [-0.05, 0) is 31.6 Å². The maximum Gasteiger partial charge on any atom is 0.228 e. The third kappa shape index (κ3) is 3.79. The summed E-state index contributed by atoms with van der Waals surface area (Å²) in [6.45, 7) is 3.17. The second-order valence-corrected chi connectivity index (χ2v) is 8.45. The van der Waals surface area contributed by atoms with Crippen molar-refractivity contribution in [1.29, 1.82) is 0 Å². The first-order valence-electron chi connectivity index (χ1n) is 8.68. The zero-order valence-electron chi connectivity index (χ0n) is 13.3. The van der Waals surface area contributed by atoms with E-state index in [0.717, 1.165) is 39.0 Å². The van der Waals surface area contributed by atoms with Crippen molar-refractivity contribution < 1.29 is 9.90 Å². The fraction of sp³-hybridized carbons (Fsp3) is 0.938. The fourth-order valence-corrected chi connectivity index (χ4v) is 4.70. The Balaban J connectivity index is 1.51. The van der Waals surface area contributed by atoms with Crippen molar-refractivity contribution in [3.63, 3.8) is 0 Å². The smallest absolute Gasteiger partial charge is 0.228 e. The number of alkyl halides is 2. The minimum Gasteiger partial charge on any atom is -0.393 e. The number of nitrogens with one attached hydrogen (secondary N) is 1. The van der Waals surface area contributed by atoms with Crippen LogP contribution < -0.4 is 11.1 Å². The number of nitrogens with two attached hydrogens (primary N) is 1. The molecule has 3 rings (SSSR count). The normalized spacial score (nSPS) is 38.2. The molecule has 7 heteroatoms. The van der Waals surface area contributed by atoms with E-state index >= 15 is 0 Å². The van der Waals surface area contributed by atoms with E-state index in [1.165, 1.54) is 0 Å². The maximum absolute atomic E-state index is 12.3. The molecule has 2 heterocycles. The van der Waals surface area contributed by atoms with Crippen LogP contribution in [-0.4, -0.2) is 65.0 Å². The van der Waals surface area contributed by atoms with Crippen LogP contribution in [0.1, 0.15) is 25.7 Å². The van der Waals surface area contributed by atoms with E-state index in [2.05, 4.69) is 5.32 Å². The van der Waals surface area contributed by atoms with Gasteiger partial charge in [-0.15, -0.1) is 23.2 Å². The third-order valence-corrected chi connectivity index (χ3v) is 6.97. The van der Waals surface area contributed by atoms with Gasteiger partial charge in [0.25, 0.3) is 0 Å². The van der Waals surface area contributed by atoms with E-state index in [-0.39, 0.29) is 34.5 Å². The molecular weight excluding hydrogens is 337 g/mol. The summed E-state index contributed by atoms with van der Waals surface area (Å²) < 4.78 is 0. The first kappa shape index (κ1) is 17.7. The molecule has 4 unspecified atom stereocenters. The van der Waals surface area contributed by atoms with E-state index in [0.29, 0.717) is 18.8 Å². The number of carbonyl (C=O) groups excluding carboxylic acids is 1. The lowest BCUT2D eigenvalue weighted by molar-refractivity contribution is -0.138. The molecule has 3 aliphatic rings. The van der Waals surface area contributed by atoms with Crippen LogP contribution in [0.2, 0.25) is 0 Å². The molecule has 5 atom stereocenters. The molecule has 1 aliphatic carbocycles. The number of halogens is 2. The van der Waals surface area contributed by atoms with Crippen molar-refractivity contribution in [2.75, 3.05) is 26.2 Å². The van der Waals surface area contributed by atoms with Crippen LogP contribution in [0.4, 0.5) is 0 Å². The van der Waals surface area contributed by atoms with Crippen LogP contribution in [0.5, 0.6) is 0 Å². The Morgan fingerprint density at radius 2 is 1.78 bits per heavy atom. The zero-order chi connectivity index (χ0) is 16.6. The predicted octanol–water partition coefficient (Wildman–Crippen LogP) is 0.757. The predicted molar refractivity (Wildman–Crippen MR) is 91.7 cm³/mol. The van der Waals surface area contributed by atoms with Gasteiger partial charge in [-0.3, -0.25) is 4.79 Å². The molecule has 3 fully saturated rings. The number of likely N-dealkylation sites (tertiary alicyclic amines) is 1. The Morgan fingerprint density at radius 1 is 1.17 bits per heavy atom. The lowest BCUT2D eigenvalue weighted by Crippen LogP contribution is -2.55. The van der Waals surface area contributed by atoms with Gasteiger partial charge in [0.05, 0.1) is 22.8 Å². The Bertz CT molecular complexity index is 428. The molecule has 0 bridgehead atoms. The van der Waals surface area contributed by atoms with Gasteiger partial charge in [0.15, 0.2) is 0 Å². The van der Waals surface area contributed by atoms with Gasteiger partial charge in [-0.2, -0.15) is 0 Å². The molecule has 1 saturated carbocycles. The Hall–Kier alpha value is -0.0700. The minimum atomic E-state index is -0.469. The molecule has 0 aromatic rings. The van der Waals surface area contributed by atoms with Crippen LogP contribution in [0.25, 0.3) is 0 Å². The summed E-state index contributed by atoms with van der Waals surface area (Å²) in [6, 6.07) is -0.0713. The molecule has 23 heavy (non-hydrogen) atoms. The molecule has 2 aliphatic heterocycles. The lowest BCUT2D eigenvalue weighted by atomic mass is 9.74. The van der Waals surface area contributed by atoms with Crippen molar-refractivity contribution in [2.45, 2.75) is 48.6 Å². The highest BCUT2D eigenvalue weighted by Crippen LogP contribution is 2.37. The molecule has 0 spiro atoms. The SMILES string of the molecule is N[C@H](C1CCN(C(=O)C2CNC2)CC1)C1CC(Cl)C(Cl)CC1O. The third-order valence-electron chi connectivity index (χ3n) is 5.87. The largest absolute Gasteiger partial charge is 0.393 e. The van der Waals surface area contributed by atoms with Crippen molar-refractivity contribution in [3.8, 4) is 0 Å². The summed E-state index contributed by atoms with van der Waals surface area (Å²) in [4.78, 5) is 14.2. The van der Waals surface area contributed by atoms with E-state index < -0.39 is 6.10 Å². The average molecular weight is 364 g/mol. The van der Waals surface area contributed by atoms with Gasteiger partial charge in [-0.1, -0.05) is 0 Å². The molecule has 1 amide bonds. The van der Waals surface area contributed by atoms with Crippen LogP contribution >= 0.6 is 23.2 Å². The summed E-state index contributed by atoms with van der Waals surface area (Å²) in [6.07, 6.45) is 2.54. The number of hydrogen-bond acceptors (Lipinski definition) is 4. The molecule has 4 N–H and O–H groups in total. The van der Waals surface area contributed by atoms with Gasteiger partial charge < -0.3 is 21.1 Å². The number of nitrogens with zero attached hydrogens (tertiary/aromatic N) is 1. The van der Waals surface area contributed by atoms with Gasteiger partial charge in [-0.25, -0.2) is 0 Å². The number of amides is 1. The molecule has 5 nitrogen and oxygen atoms in total. The number of rotatable bonds is 3. The minimum absolute atomic E-state index is 0.00980. The number of carbonyl (C=O) groups is 1. The quantitative estimate of drug-likeness (QED) is 0.646. The Morgan fingerprint density at radius 3 is 2.35 bits per heavy atom. The van der Waals surface area contributed by atoms with Gasteiger partial charge in [0, 0.05) is 38.1 Å². The molecule has 0 aromatic heterocycles. The Kier molecular flexibility index (Phi) is 5.74. The number of hydrogen-bond donors (Lipinski definition) is 3. The monoisotopic (exact) mass is 363 g/mol. The first-order valence-corrected chi connectivity index (χ1v) is 9.56. The molecule has 132 valence electrons. The summed E-state index contributed by atoms with van der Waals surface area (Å²) in [7, 11) is 0. The lowest BCUT2D eigenvalue weighted by Gasteiger charge is -2.43. The second kappa shape index (κ2) is 7.44. The maximum atomic E-state index is 12.3. The van der Waals surface area contributed by atoms with E-state index in [9.17, 15) is 9.90 Å². The van der Waals surface area contributed by atoms with Crippen molar-refractivity contribution in [3.05, 3.63) is 0 Å². The van der Waals surface area contributed by atoms with Crippen molar-refractivity contribution in [1.82, 2.24) is 10.2 Å². The van der Waals surface area contributed by atoms with E-state index in [4.69, 9.17) is 28.9 Å². The van der Waals surface area contributed by atoms with Crippen LogP contribution in [0.15, 0.2) is 0 Å². The molecule has 0 radical (unpaired) electrons. The van der Waals surface area contributed by atoms with E-state index in [1.54, 1.807) is 0 Å². The molecule has 0 aromatic carbocycles.